The van der Waals surface area contributed by atoms with E-state index >= 15 is 0 Å². The fraction of sp³-hybridized carbons (Fsp3) is 0.385. The van der Waals surface area contributed by atoms with Gasteiger partial charge in [-0.1, -0.05) is 42.5 Å². The van der Waals surface area contributed by atoms with Crippen LogP contribution in [-0.4, -0.2) is 18.5 Å². The minimum atomic E-state index is -0.439. The maximum absolute atomic E-state index is 5.66. The van der Waals surface area contributed by atoms with Crippen LogP contribution >= 0.6 is 0 Å². The molecule has 0 N–H and O–H groups in total. The lowest BCUT2D eigenvalue weighted by Crippen LogP contribution is -2.20. The van der Waals surface area contributed by atoms with Gasteiger partial charge in [0, 0.05) is 0 Å². The van der Waals surface area contributed by atoms with Gasteiger partial charge in [-0.05, 0) is 19.4 Å². The molecule has 1 aromatic rings. The SMILES string of the molecule is CC1(C)OC[C@H](/C=C/c2ccccc2)O1. The number of hydrogen-bond donors (Lipinski definition) is 0. The molecule has 0 amide bonds. The van der Waals surface area contributed by atoms with Gasteiger partial charge in [0.2, 0.25) is 0 Å². The van der Waals surface area contributed by atoms with Crippen molar-refractivity contribution in [3.63, 3.8) is 0 Å². The van der Waals surface area contributed by atoms with Crippen LogP contribution in [0.5, 0.6) is 0 Å². The first-order valence-electron chi connectivity index (χ1n) is 5.21. The van der Waals surface area contributed by atoms with Gasteiger partial charge in [0.1, 0.15) is 6.10 Å². The van der Waals surface area contributed by atoms with E-state index in [0.717, 1.165) is 0 Å². The van der Waals surface area contributed by atoms with Gasteiger partial charge in [-0.3, -0.25) is 0 Å². The first-order valence-corrected chi connectivity index (χ1v) is 5.21. The largest absolute Gasteiger partial charge is 0.347 e. The van der Waals surface area contributed by atoms with Crippen molar-refractivity contribution in [1.82, 2.24) is 0 Å². The Morgan fingerprint density at radius 2 is 2.00 bits per heavy atom. The van der Waals surface area contributed by atoms with Crippen molar-refractivity contribution in [3.8, 4) is 0 Å². The van der Waals surface area contributed by atoms with Gasteiger partial charge in [-0.25, -0.2) is 0 Å². The second-order valence-electron chi connectivity index (χ2n) is 4.14. The molecule has 15 heavy (non-hydrogen) atoms. The van der Waals surface area contributed by atoms with Gasteiger partial charge in [-0.15, -0.1) is 0 Å². The van der Waals surface area contributed by atoms with E-state index in [-0.39, 0.29) is 6.10 Å². The Balaban J connectivity index is 1.96. The van der Waals surface area contributed by atoms with E-state index in [9.17, 15) is 0 Å². The summed E-state index contributed by atoms with van der Waals surface area (Å²) in [6.45, 7) is 4.50. The van der Waals surface area contributed by atoms with Crippen LogP contribution in [0.4, 0.5) is 0 Å². The van der Waals surface area contributed by atoms with Gasteiger partial charge >= 0.3 is 0 Å². The summed E-state index contributed by atoms with van der Waals surface area (Å²) >= 11 is 0. The number of hydrogen-bond acceptors (Lipinski definition) is 2. The maximum atomic E-state index is 5.66. The molecule has 2 heteroatoms. The molecule has 1 aliphatic heterocycles. The zero-order valence-electron chi connectivity index (χ0n) is 9.14. The van der Waals surface area contributed by atoms with E-state index in [1.54, 1.807) is 0 Å². The first kappa shape index (κ1) is 10.4. The van der Waals surface area contributed by atoms with Crippen LogP contribution in [0.1, 0.15) is 19.4 Å². The van der Waals surface area contributed by atoms with Crippen molar-refractivity contribution in [3.05, 3.63) is 42.0 Å². The van der Waals surface area contributed by atoms with Crippen molar-refractivity contribution in [1.29, 1.82) is 0 Å². The van der Waals surface area contributed by atoms with Crippen molar-refractivity contribution in [2.45, 2.75) is 25.7 Å². The molecular weight excluding hydrogens is 188 g/mol. The van der Waals surface area contributed by atoms with E-state index < -0.39 is 5.79 Å². The molecule has 0 unspecified atom stereocenters. The zero-order chi connectivity index (χ0) is 10.7. The van der Waals surface area contributed by atoms with Gasteiger partial charge in [-0.2, -0.15) is 0 Å². The lowest BCUT2D eigenvalue weighted by Gasteiger charge is -2.15. The van der Waals surface area contributed by atoms with Gasteiger partial charge in [0.15, 0.2) is 5.79 Å². The van der Waals surface area contributed by atoms with Crippen LogP contribution in [-0.2, 0) is 9.47 Å². The minimum absolute atomic E-state index is 0.0696. The first-order chi connectivity index (χ1) is 7.16. The van der Waals surface area contributed by atoms with Crippen LogP contribution in [0.2, 0.25) is 0 Å². The molecule has 2 rings (SSSR count). The molecule has 0 saturated carbocycles. The van der Waals surface area contributed by atoms with Gasteiger partial charge < -0.3 is 9.47 Å². The summed E-state index contributed by atoms with van der Waals surface area (Å²) in [4.78, 5) is 0. The van der Waals surface area contributed by atoms with E-state index in [0.29, 0.717) is 6.61 Å². The molecule has 1 fully saturated rings. The number of rotatable bonds is 2. The second kappa shape index (κ2) is 4.17. The Morgan fingerprint density at radius 3 is 2.60 bits per heavy atom. The van der Waals surface area contributed by atoms with Crippen LogP contribution in [0.25, 0.3) is 6.08 Å². The molecule has 0 aromatic heterocycles. The Kier molecular flexibility index (Phi) is 2.89. The summed E-state index contributed by atoms with van der Waals surface area (Å²) in [5.74, 6) is -0.439. The second-order valence-corrected chi connectivity index (χ2v) is 4.14. The van der Waals surface area contributed by atoms with Crippen molar-refractivity contribution in [2.24, 2.45) is 0 Å². The quantitative estimate of drug-likeness (QED) is 0.737. The summed E-state index contributed by atoms with van der Waals surface area (Å²) in [6, 6.07) is 10.2. The standard InChI is InChI=1S/C13H16O2/c1-13(2)14-10-12(15-13)9-8-11-6-4-3-5-7-11/h3-9,12H,10H2,1-2H3/b9-8+/t12-/m0/s1. The molecule has 1 atom stereocenters. The summed E-state index contributed by atoms with van der Waals surface area (Å²) < 4.78 is 11.1. The van der Waals surface area contributed by atoms with E-state index in [1.807, 2.05) is 38.1 Å². The fourth-order valence-electron chi connectivity index (χ4n) is 1.59. The topological polar surface area (TPSA) is 18.5 Å². The Hall–Kier alpha value is -1.12. The molecule has 0 spiro atoms. The summed E-state index contributed by atoms with van der Waals surface area (Å²) in [6.07, 6.45) is 4.18. The normalized spacial score (nSPS) is 24.8. The highest BCUT2D eigenvalue weighted by Gasteiger charge is 2.30. The molecule has 1 aliphatic rings. The van der Waals surface area contributed by atoms with E-state index in [2.05, 4.69) is 18.2 Å². The molecule has 1 aromatic carbocycles. The zero-order valence-corrected chi connectivity index (χ0v) is 9.14. The average Bonchev–Trinajstić information content (AvgIpc) is 2.57. The molecule has 0 aliphatic carbocycles. The average molecular weight is 204 g/mol. The molecule has 80 valence electrons. The predicted molar refractivity (Wildman–Crippen MR) is 60.4 cm³/mol. The van der Waals surface area contributed by atoms with Crippen molar-refractivity contribution < 1.29 is 9.47 Å². The third-order valence-electron chi connectivity index (χ3n) is 2.33. The highest BCUT2D eigenvalue weighted by Crippen LogP contribution is 2.23. The van der Waals surface area contributed by atoms with Crippen LogP contribution < -0.4 is 0 Å². The third-order valence-corrected chi connectivity index (χ3v) is 2.33. The molecule has 0 radical (unpaired) electrons. The molecule has 2 nitrogen and oxygen atoms in total. The molecular formula is C13H16O2. The maximum Gasteiger partial charge on any atom is 0.163 e. The Bertz CT molecular complexity index is 341. The molecule has 0 bridgehead atoms. The lowest BCUT2D eigenvalue weighted by molar-refractivity contribution is -0.133. The summed E-state index contributed by atoms with van der Waals surface area (Å²) in [5.41, 5.74) is 1.19. The van der Waals surface area contributed by atoms with Gasteiger partial charge in [0.25, 0.3) is 0 Å². The van der Waals surface area contributed by atoms with Crippen LogP contribution in [0, 0.1) is 0 Å². The molecule has 1 saturated heterocycles. The van der Waals surface area contributed by atoms with Crippen LogP contribution in [0.3, 0.4) is 0 Å². The summed E-state index contributed by atoms with van der Waals surface area (Å²) in [5, 5.41) is 0. The number of benzene rings is 1. The van der Waals surface area contributed by atoms with E-state index in [1.165, 1.54) is 5.56 Å². The smallest absolute Gasteiger partial charge is 0.163 e. The van der Waals surface area contributed by atoms with Crippen LogP contribution in [0.15, 0.2) is 36.4 Å². The number of ether oxygens (including phenoxy) is 2. The van der Waals surface area contributed by atoms with E-state index in [4.69, 9.17) is 9.47 Å². The van der Waals surface area contributed by atoms with Crippen molar-refractivity contribution in [2.75, 3.05) is 6.61 Å². The van der Waals surface area contributed by atoms with Gasteiger partial charge in [0.05, 0.1) is 6.61 Å². The monoisotopic (exact) mass is 204 g/mol. The minimum Gasteiger partial charge on any atom is -0.347 e. The fourth-order valence-corrected chi connectivity index (χ4v) is 1.59. The van der Waals surface area contributed by atoms with Crippen molar-refractivity contribution >= 4 is 6.08 Å². The Labute approximate surface area is 90.5 Å². The lowest BCUT2D eigenvalue weighted by atomic mass is 10.2. The third kappa shape index (κ3) is 2.91. The highest BCUT2D eigenvalue weighted by molar-refractivity contribution is 5.49. The highest BCUT2D eigenvalue weighted by atomic mass is 16.7. The predicted octanol–water partition coefficient (Wildman–Crippen LogP) is 2.85. The molecule has 1 heterocycles. The Morgan fingerprint density at radius 1 is 1.27 bits per heavy atom. The summed E-state index contributed by atoms with van der Waals surface area (Å²) in [7, 11) is 0.